The fourth-order valence-corrected chi connectivity index (χ4v) is 3.47. The number of fused-ring (bicyclic) bond motifs is 2. The molecule has 34 heavy (non-hydrogen) atoms. The first kappa shape index (κ1) is 24.7. The van der Waals surface area contributed by atoms with Gasteiger partial charge < -0.3 is 35.3 Å². The highest BCUT2D eigenvalue weighted by molar-refractivity contribution is 5.87. The van der Waals surface area contributed by atoms with Crippen LogP contribution in [0.25, 0.3) is 11.0 Å². The van der Waals surface area contributed by atoms with Crippen LogP contribution in [0.4, 0.5) is 0 Å². The maximum Gasteiger partial charge on any atom is 0.323 e. The Morgan fingerprint density at radius 3 is 2.47 bits per heavy atom. The number of hydrogen-bond acceptors (Lipinski definition) is 8. The molecule has 0 aliphatic carbocycles. The Morgan fingerprint density at radius 2 is 1.82 bits per heavy atom. The largest absolute Gasteiger partial charge is 0.507 e. The van der Waals surface area contributed by atoms with Crippen molar-refractivity contribution in [2.45, 2.75) is 39.2 Å². The Morgan fingerprint density at radius 1 is 1.12 bits per heavy atom. The summed E-state index contributed by atoms with van der Waals surface area (Å²) in [6.07, 6.45) is 2.62. The van der Waals surface area contributed by atoms with E-state index in [9.17, 15) is 19.8 Å². The molecule has 0 bridgehead atoms. The summed E-state index contributed by atoms with van der Waals surface area (Å²) < 4.78 is 11.1. The average Bonchev–Trinajstić information content (AvgIpc) is 2.92. The molecule has 0 saturated carbocycles. The van der Waals surface area contributed by atoms with E-state index in [1.54, 1.807) is 13.0 Å². The lowest BCUT2D eigenvalue weighted by Crippen LogP contribution is -2.46. The summed E-state index contributed by atoms with van der Waals surface area (Å²) in [5.41, 5.74) is 6.57. The molecule has 2 aromatic carbocycles. The number of aryl methyl sites for hydroxylation is 1. The van der Waals surface area contributed by atoms with Crippen LogP contribution in [0.15, 0.2) is 51.2 Å². The zero-order valence-electron chi connectivity index (χ0n) is 19.1. The van der Waals surface area contributed by atoms with Gasteiger partial charge in [0.25, 0.3) is 0 Å². The van der Waals surface area contributed by atoms with Crippen molar-refractivity contribution in [1.82, 2.24) is 0 Å². The van der Waals surface area contributed by atoms with Gasteiger partial charge in [-0.05, 0) is 50.5 Å². The second kappa shape index (κ2) is 9.48. The molecule has 0 fully saturated rings. The highest BCUT2D eigenvalue weighted by atomic mass is 16.5. The van der Waals surface area contributed by atoms with Gasteiger partial charge in [-0.1, -0.05) is 12.1 Å². The first-order valence-corrected chi connectivity index (χ1v) is 10.5. The molecule has 3 aromatic rings. The van der Waals surface area contributed by atoms with Crippen molar-refractivity contribution >= 4 is 16.9 Å². The number of carboxylic acids is 1. The minimum absolute atomic E-state index is 0.0350. The highest BCUT2D eigenvalue weighted by Crippen LogP contribution is 2.37. The molecule has 0 saturated heterocycles. The molecule has 0 radical (unpaired) electrons. The summed E-state index contributed by atoms with van der Waals surface area (Å²) in [6.45, 7) is 5.54. The van der Waals surface area contributed by atoms with E-state index in [1.807, 2.05) is 13.0 Å². The molecule has 180 valence electrons. The minimum Gasteiger partial charge on any atom is -0.507 e. The first-order valence-electron chi connectivity index (χ1n) is 10.5. The molecule has 1 aliphatic rings. The number of aromatic hydroxyl groups is 3. The smallest absolute Gasteiger partial charge is 0.323 e. The van der Waals surface area contributed by atoms with Gasteiger partial charge in [0, 0.05) is 24.1 Å². The quantitative estimate of drug-likeness (QED) is 0.286. The Hall–Kier alpha value is -3.98. The van der Waals surface area contributed by atoms with Crippen molar-refractivity contribution < 1.29 is 34.4 Å². The van der Waals surface area contributed by atoms with Gasteiger partial charge in [0.1, 0.15) is 40.4 Å². The van der Waals surface area contributed by atoms with Crippen molar-refractivity contribution in [3.05, 3.63) is 69.1 Å². The van der Waals surface area contributed by atoms with Crippen molar-refractivity contribution in [3.63, 3.8) is 0 Å². The van der Waals surface area contributed by atoms with Crippen LogP contribution in [0.5, 0.6) is 23.0 Å². The Kier molecular flexibility index (Phi) is 6.88. The molecule has 1 atom stereocenters. The lowest BCUT2D eigenvalue weighted by Gasteiger charge is -2.19. The number of benzene rings is 2. The molecule has 1 aromatic heterocycles. The van der Waals surface area contributed by atoms with Crippen molar-refractivity contribution in [2.24, 2.45) is 5.73 Å². The number of nitrogens with two attached hydrogens (primary N) is 1. The van der Waals surface area contributed by atoms with E-state index in [-0.39, 0.29) is 34.5 Å². The number of aliphatic carboxylic acids is 1. The second-order valence-electron chi connectivity index (χ2n) is 8.56. The number of carboxylic acid groups (broad SMARTS) is 1. The summed E-state index contributed by atoms with van der Waals surface area (Å²) >= 11 is 0. The molecule has 6 N–H and O–H groups in total. The maximum absolute atomic E-state index is 12.0. The van der Waals surface area contributed by atoms with Crippen molar-refractivity contribution in [1.29, 1.82) is 0 Å². The summed E-state index contributed by atoms with van der Waals surface area (Å²) in [7, 11) is 0. The third-order valence-electron chi connectivity index (χ3n) is 5.39. The van der Waals surface area contributed by atoms with Crippen LogP contribution in [-0.4, -0.2) is 38.5 Å². The van der Waals surface area contributed by atoms with Crippen LogP contribution in [0.2, 0.25) is 0 Å². The van der Waals surface area contributed by atoms with E-state index in [1.165, 1.54) is 31.2 Å². The lowest BCUT2D eigenvalue weighted by atomic mass is 9.94. The van der Waals surface area contributed by atoms with Gasteiger partial charge >= 0.3 is 5.97 Å². The van der Waals surface area contributed by atoms with Crippen LogP contribution in [0.3, 0.4) is 0 Å². The van der Waals surface area contributed by atoms with Crippen LogP contribution in [0, 0.1) is 6.92 Å². The number of ether oxygens (including phenoxy) is 1. The fraction of sp³-hybridized carbons (Fsp3) is 0.280. The number of carbonyl (C=O) groups is 1. The monoisotopic (exact) mass is 469 g/mol. The lowest BCUT2D eigenvalue weighted by molar-refractivity contribution is -0.142. The normalized spacial score (nSPS) is 14.5. The van der Waals surface area contributed by atoms with E-state index in [0.717, 1.165) is 5.57 Å². The molecule has 9 nitrogen and oxygen atoms in total. The second-order valence-corrected chi connectivity index (χ2v) is 8.56. The zero-order chi connectivity index (χ0) is 25.2. The van der Waals surface area contributed by atoms with Crippen LogP contribution < -0.4 is 15.9 Å². The summed E-state index contributed by atoms with van der Waals surface area (Å²) in [5, 5.41) is 37.6. The zero-order valence-corrected chi connectivity index (χ0v) is 19.1. The van der Waals surface area contributed by atoms with Gasteiger partial charge in [-0.15, -0.1) is 0 Å². The molecule has 1 unspecified atom stereocenters. The van der Waals surface area contributed by atoms with E-state index in [4.69, 9.17) is 25.1 Å². The molecular formula is C25H27NO8. The molecule has 1 aliphatic heterocycles. The van der Waals surface area contributed by atoms with E-state index >= 15 is 0 Å². The molecule has 2 heterocycles. The van der Waals surface area contributed by atoms with E-state index in [0.29, 0.717) is 41.2 Å². The number of allylic oxidation sites excluding steroid dienone is 1. The van der Waals surface area contributed by atoms with Gasteiger partial charge in [-0.3, -0.25) is 9.59 Å². The Bertz CT molecular complexity index is 1340. The molecule has 4 rings (SSSR count). The molecule has 0 spiro atoms. The standard InChI is InChI=1S/C15H14O4.C10H13NO4/c1-8-3-4-10-12(18-7-8)6-13-14(15(10)17)11(16)5-9(2)19-13;1-10(11,9(14)15)5-6-2-3-7(12)8(13)4-6/h3,5-6,17H,4,7H2,1-2H3;2-4,12-13H,5,11H2,1H3,(H,14,15). The van der Waals surface area contributed by atoms with Crippen LogP contribution >= 0.6 is 0 Å². The number of phenols is 3. The van der Waals surface area contributed by atoms with E-state index in [2.05, 4.69) is 0 Å². The van der Waals surface area contributed by atoms with Crippen molar-refractivity contribution in [2.75, 3.05) is 6.61 Å². The fourth-order valence-electron chi connectivity index (χ4n) is 3.47. The molecule has 9 heteroatoms. The average molecular weight is 469 g/mol. The third kappa shape index (κ3) is 5.32. The topological polar surface area (TPSA) is 163 Å². The number of hydrogen-bond donors (Lipinski definition) is 5. The predicted octanol–water partition coefficient (Wildman–Crippen LogP) is 3.13. The molecular weight excluding hydrogens is 442 g/mol. The Labute approximate surface area is 195 Å². The van der Waals surface area contributed by atoms with Gasteiger partial charge in [0.05, 0.1) is 0 Å². The number of rotatable bonds is 3. The summed E-state index contributed by atoms with van der Waals surface area (Å²) in [4.78, 5) is 22.7. The Balaban J connectivity index is 0.000000197. The summed E-state index contributed by atoms with van der Waals surface area (Å²) in [6, 6.07) is 7.17. The van der Waals surface area contributed by atoms with Crippen LogP contribution in [-0.2, 0) is 17.6 Å². The van der Waals surface area contributed by atoms with Crippen LogP contribution in [0.1, 0.15) is 30.7 Å². The SMILES string of the molecule is CC(N)(Cc1ccc(O)c(O)c1)C(=O)O.CC1=CCc2c(cc3oc(C)cc(=O)c3c2O)OC1. The number of phenolic OH excluding ortho intramolecular Hbond substituents is 3. The minimum atomic E-state index is -1.39. The molecule has 0 amide bonds. The maximum atomic E-state index is 12.0. The predicted molar refractivity (Wildman–Crippen MR) is 126 cm³/mol. The van der Waals surface area contributed by atoms with Gasteiger partial charge in [0.2, 0.25) is 0 Å². The van der Waals surface area contributed by atoms with Gasteiger partial charge in [-0.25, -0.2) is 0 Å². The van der Waals surface area contributed by atoms with Gasteiger partial charge in [-0.2, -0.15) is 0 Å². The summed E-state index contributed by atoms with van der Waals surface area (Å²) in [5.74, 6) is -0.588. The van der Waals surface area contributed by atoms with E-state index < -0.39 is 11.5 Å². The van der Waals surface area contributed by atoms with Crippen molar-refractivity contribution in [3.8, 4) is 23.0 Å². The van der Waals surface area contributed by atoms with Gasteiger partial charge in [0.15, 0.2) is 16.9 Å². The highest BCUT2D eigenvalue weighted by Gasteiger charge is 2.28. The third-order valence-corrected chi connectivity index (χ3v) is 5.39. The first-order chi connectivity index (χ1) is 15.9.